The number of anilines is 1. The molecule has 4 rings (SSSR count). The maximum atomic E-state index is 12.9. The summed E-state index contributed by atoms with van der Waals surface area (Å²) in [6.07, 6.45) is 2.02. The van der Waals surface area contributed by atoms with Gasteiger partial charge in [-0.25, -0.2) is 0 Å². The second kappa shape index (κ2) is 5.70. The average molecular weight is 328 g/mol. The van der Waals surface area contributed by atoms with Crippen molar-refractivity contribution >= 4 is 28.8 Å². The molecule has 2 amide bonds. The van der Waals surface area contributed by atoms with E-state index in [1.807, 2.05) is 16.3 Å². The molecular formula is C17H16N2O3S. The van der Waals surface area contributed by atoms with Crippen LogP contribution in [0, 0.1) is 0 Å². The Balaban J connectivity index is 1.60. The number of hydrogen-bond acceptors (Lipinski definition) is 4. The SMILES string of the molecule is O=C1COc2cc(C(=O)N3CCC[C@@H]3c3cccs3)ccc2N1. The average Bonchev–Trinajstić information content (AvgIpc) is 3.24. The fraction of sp³-hybridized carbons (Fsp3) is 0.294. The lowest BCUT2D eigenvalue weighted by Crippen LogP contribution is -2.30. The lowest BCUT2D eigenvalue weighted by Gasteiger charge is -2.25. The van der Waals surface area contributed by atoms with E-state index in [2.05, 4.69) is 11.4 Å². The Morgan fingerprint density at radius 2 is 2.26 bits per heavy atom. The normalized spacial score (nSPS) is 19.9. The second-order valence-corrected chi connectivity index (χ2v) is 6.70. The summed E-state index contributed by atoms with van der Waals surface area (Å²) in [6.45, 7) is 0.766. The summed E-state index contributed by atoms with van der Waals surface area (Å²) in [5.74, 6) is 0.403. The lowest BCUT2D eigenvalue weighted by atomic mass is 10.1. The Kier molecular flexibility index (Phi) is 3.53. The number of carbonyl (C=O) groups is 2. The van der Waals surface area contributed by atoms with Crippen LogP contribution in [0.5, 0.6) is 5.75 Å². The quantitative estimate of drug-likeness (QED) is 0.922. The Labute approximate surface area is 137 Å². The Morgan fingerprint density at radius 3 is 3.09 bits per heavy atom. The van der Waals surface area contributed by atoms with Crippen LogP contribution in [0.25, 0.3) is 0 Å². The molecule has 2 aliphatic rings. The van der Waals surface area contributed by atoms with Crippen molar-refractivity contribution < 1.29 is 14.3 Å². The van der Waals surface area contributed by atoms with Gasteiger partial charge in [0.25, 0.3) is 11.8 Å². The van der Waals surface area contributed by atoms with Gasteiger partial charge in [0.15, 0.2) is 6.61 Å². The molecule has 1 aromatic carbocycles. The Morgan fingerprint density at radius 1 is 1.35 bits per heavy atom. The van der Waals surface area contributed by atoms with Gasteiger partial charge < -0.3 is 15.0 Å². The van der Waals surface area contributed by atoms with Crippen LogP contribution < -0.4 is 10.1 Å². The number of carbonyl (C=O) groups excluding carboxylic acids is 2. The third-order valence-corrected chi connectivity index (χ3v) is 5.22. The maximum Gasteiger partial charge on any atom is 0.262 e. The van der Waals surface area contributed by atoms with Gasteiger partial charge >= 0.3 is 0 Å². The molecule has 0 bridgehead atoms. The fourth-order valence-electron chi connectivity index (χ4n) is 3.16. The summed E-state index contributed by atoms with van der Waals surface area (Å²) < 4.78 is 5.41. The highest BCUT2D eigenvalue weighted by molar-refractivity contribution is 7.10. The van der Waals surface area contributed by atoms with Gasteiger partial charge in [-0.2, -0.15) is 0 Å². The topological polar surface area (TPSA) is 58.6 Å². The summed E-state index contributed by atoms with van der Waals surface area (Å²) in [5, 5.41) is 4.79. The predicted molar refractivity (Wildman–Crippen MR) is 87.9 cm³/mol. The lowest BCUT2D eigenvalue weighted by molar-refractivity contribution is -0.118. The van der Waals surface area contributed by atoms with Gasteiger partial charge in [-0.3, -0.25) is 9.59 Å². The van der Waals surface area contributed by atoms with Crippen molar-refractivity contribution in [1.29, 1.82) is 0 Å². The molecule has 1 fully saturated rings. The summed E-state index contributed by atoms with van der Waals surface area (Å²) in [5.41, 5.74) is 1.22. The molecule has 6 heteroatoms. The number of hydrogen-bond donors (Lipinski definition) is 1. The smallest absolute Gasteiger partial charge is 0.262 e. The first-order valence-electron chi connectivity index (χ1n) is 7.63. The van der Waals surface area contributed by atoms with E-state index < -0.39 is 0 Å². The molecule has 118 valence electrons. The largest absolute Gasteiger partial charge is 0.482 e. The Hall–Kier alpha value is -2.34. The number of amides is 2. The van der Waals surface area contributed by atoms with Crippen molar-refractivity contribution in [1.82, 2.24) is 4.90 Å². The van der Waals surface area contributed by atoms with E-state index in [4.69, 9.17) is 4.74 Å². The summed E-state index contributed by atoms with van der Waals surface area (Å²) in [7, 11) is 0. The first-order chi connectivity index (χ1) is 11.2. The minimum atomic E-state index is -0.172. The van der Waals surface area contributed by atoms with E-state index in [1.54, 1.807) is 29.5 Å². The number of benzene rings is 1. The van der Waals surface area contributed by atoms with Gasteiger partial charge in [0, 0.05) is 17.0 Å². The molecule has 2 aromatic rings. The molecule has 2 aliphatic heterocycles. The zero-order chi connectivity index (χ0) is 15.8. The van der Waals surface area contributed by atoms with E-state index in [0.717, 1.165) is 19.4 Å². The van der Waals surface area contributed by atoms with Gasteiger partial charge in [-0.1, -0.05) is 6.07 Å². The van der Waals surface area contributed by atoms with Gasteiger partial charge in [-0.15, -0.1) is 11.3 Å². The van der Waals surface area contributed by atoms with Crippen molar-refractivity contribution in [3.8, 4) is 5.75 Å². The van der Waals surface area contributed by atoms with Gasteiger partial charge in [-0.05, 0) is 42.5 Å². The molecule has 0 unspecified atom stereocenters. The van der Waals surface area contributed by atoms with E-state index in [0.29, 0.717) is 17.0 Å². The molecule has 1 saturated heterocycles. The van der Waals surface area contributed by atoms with Gasteiger partial charge in [0.1, 0.15) is 5.75 Å². The highest BCUT2D eigenvalue weighted by Crippen LogP contribution is 2.36. The summed E-state index contributed by atoms with van der Waals surface area (Å²) in [6, 6.07) is 9.48. The molecule has 0 saturated carbocycles. The first-order valence-corrected chi connectivity index (χ1v) is 8.51. The minimum Gasteiger partial charge on any atom is -0.482 e. The number of likely N-dealkylation sites (tertiary alicyclic amines) is 1. The van der Waals surface area contributed by atoms with Crippen LogP contribution in [0.15, 0.2) is 35.7 Å². The molecule has 5 nitrogen and oxygen atoms in total. The monoisotopic (exact) mass is 328 g/mol. The standard InChI is InChI=1S/C17H16N2O3S/c20-16-10-22-14-9-11(5-6-12(14)18-16)17(21)19-7-1-3-13(19)15-4-2-8-23-15/h2,4-6,8-9,13H,1,3,7,10H2,(H,18,20)/t13-/m1/s1. The fourth-order valence-corrected chi connectivity index (χ4v) is 4.03. The number of fused-ring (bicyclic) bond motifs is 1. The molecule has 1 aromatic heterocycles. The van der Waals surface area contributed by atoms with Crippen molar-refractivity contribution in [3.63, 3.8) is 0 Å². The highest BCUT2D eigenvalue weighted by atomic mass is 32.1. The number of nitrogens with zero attached hydrogens (tertiary/aromatic N) is 1. The van der Waals surface area contributed by atoms with E-state index in [1.165, 1.54) is 4.88 Å². The first kappa shape index (κ1) is 14.3. The van der Waals surface area contributed by atoms with E-state index >= 15 is 0 Å². The number of rotatable bonds is 2. The van der Waals surface area contributed by atoms with Crippen LogP contribution in [0.2, 0.25) is 0 Å². The molecular weight excluding hydrogens is 312 g/mol. The van der Waals surface area contributed by atoms with Crippen molar-refractivity contribution in [2.45, 2.75) is 18.9 Å². The van der Waals surface area contributed by atoms with Crippen LogP contribution >= 0.6 is 11.3 Å². The van der Waals surface area contributed by atoms with Crippen LogP contribution in [-0.4, -0.2) is 29.9 Å². The maximum absolute atomic E-state index is 12.9. The van der Waals surface area contributed by atoms with Crippen LogP contribution in [0.3, 0.4) is 0 Å². The summed E-state index contributed by atoms with van der Waals surface area (Å²) in [4.78, 5) is 27.4. The van der Waals surface area contributed by atoms with E-state index in [-0.39, 0.29) is 24.5 Å². The van der Waals surface area contributed by atoms with Crippen LogP contribution in [0.1, 0.15) is 34.1 Å². The van der Waals surface area contributed by atoms with Gasteiger partial charge in [0.05, 0.1) is 11.7 Å². The molecule has 0 aliphatic carbocycles. The zero-order valence-corrected chi connectivity index (χ0v) is 13.3. The minimum absolute atomic E-state index is 0.00776. The number of nitrogens with one attached hydrogen (secondary N) is 1. The van der Waals surface area contributed by atoms with Crippen LogP contribution in [0.4, 0.5) is 5.69 Å². The zero-order valence-electron chi connectivity index (χ0n) is 12.5. The van der Waals surface area contributed by atoms with Crippen LogP contribution in [-0.2, 0) is 4.79 Å². The molecule has 1 atom stereocenters. The molecule has 0 spiro atoms. The number of ether oxygens (including phenoxy) is 1. The predicted octanol–water partition coefficient (Wildman–Crippen LogP) is 3.06. The van der Waals surface area contributed by atoms with Crippen molar-refractivity contribution in [2.24, 2.45) is 0 Å². The molecule has 23 heavy (non-hydrogen) atoms. The van der Waals surface area contributed by atoms with Crippen molar-refractivity contribution in [3.05, 3.63) is 46.2 Å². The number of thiophene rings is 1. The Bertz CT molecular complexity index is 757. The highest BCUT2D eigenvalue weighted by Gasteiger charge is 2.31. The molecule has 3 heterocycles. The van der Waals surface area contributed by atoms with Gasteiger partial charge in [0.2, 0.25) is 0 Å². The molecule has 0 radical (unpaired) electrons. The van der Waals surface area contributed by atoms with Crippen molar-refractivity contribution in [2.75, 3.05) is 18.5 Å². The summed E-state index contributed by atoms with van der Waals surface area (Å²) >= 11 is 1.69. The third-order valence-electron chi connectivity index (χ3n) is 4.25. The molecule has 1 N–H and O–H groups in total. The third kappa shape index (κ3) is 2.59. The second-order valence-electron chi connectivity index (χ2n) is 5.72. The van der Waals surface area contributed by atoms with E-state index in [9.17, 15) is 9.59 Å².